The van der Waals surface area contributed by atoms with Gasteiger partial charge >= 0.3 is 0 Å². The number of halogens is 1. The molecule has 0 aliphatic carbocycles. The van der Waals surface area contributed by atoms with Crippen molar-refractivity contribution in [3.63, 3.8) is 0 Å². The van der Waals surface area contributed by atoms with Crippen molar-refractivity contribution in [3.05, 3.63) is 65.0 Å². The minimum atomic E-state index is -0.853. The van der Waals surface area contributed by atoms with Crippen LogP contribution in [0.5, 0.6) is 11.5 Å². The topological polar surface area (TPSA) is 79.3 Å². The number of nitrogens with zero attached hydrogens (tertiary/aromatic N) is 2. The van der Waals surface area contributed by atoms with Crippen molar-refractivity contribution < 1.29 is 28.6 Å². The Balaban J connectivity index is 2.16. The van der Waals surface area contributed by atoms with Crippen molar-refractivity contribution in [2.45, 2.75) is 12.5 Å². The van der Waals surface area contributed by atoms with Gasteiger partial charge in [0, 0.05) is 6.54 Å². The first-order valence-electron chi connectivity index (χ1n) is 10.2. The van der Waals surface area contributed by atoms with E-state index in [-0.39, 0.29) is 16.9 Å². The molecule has 1 N–H and O–H groups in total. The normalized spacial score (nSPS) is 17.8. The summed E-state index contributed by atoms with van der Waals surface area (Å²) < 4.78 is 24.2. The number of aliphatic hydroxyl groups is 1. The Morgan fingerprint density at radius 3 is 2.38 bits per heavy atom. The second-order valence-electron chi connectivity index (χ2n) is 7.77. The van der Waals surface area contributed by atoms with Crippen molar-refractivity contribution in [1.29, 1.82) is 0 Å². The fraction of sp³-hybridized carbons (Fsp3) is 0.333. The lowest BCUT2D eigenvalue weighted by Gasteiger charge is -2.26. The van der Waals surface area contributed by atoms with Crippen molar-refractivity contribution >= 4 is 17.4 Å². The van der Waals surface area contributed by atoms with Gasteiger partial charge in [0.2, 0.25) is 0 Å². The number of hydrogen-bond donors (Lipinski definition) is 1. The molecule has 2 aromatic rings. The summed E-state index contributed by atoms with van der Waals surface area (Å²) in [6.45, 7) is 1.01. The van der Waals surface area contributed by atoms with Crippen LogP contribution in [-0.2, 0) is 9.59 Å². The highest BCUT2D eigenvalue weighted by atomic mass is 19.1. The maximum atomic E-state index is 13.6. The van der Waals surface area contributed by atoms with Gasteiger partial charge in [0.1, 0.15) is 23.1 Å². The Kier molecular flexibility index (Phi) is 7.15. The standard InChI is InChI=1S/C24H27FN2O5/c1-26(2)12-5-13-27-21(15-6-8-16(25)9-7-15)20(23(29)24(27)30)22(28)18-14-17(31-3)10-11-19(18)32-4/h6-11,14,21,28H,5,12-13H2,1-4H3/b22-20+. The quantitative estimate of drug-likeness (QED) is 0.384. The number of carbonyl (C=O) groups excluding carboxylic acids is 2. The number of hydrogen-bond acceptors (Lipinski definition) is 6. The molecule has 1 fully saturated rings. The van der Waals surface area contributed by atoms with Gasteiger partial charge < -0.3 is 24.4 Å². The van der Waals surface area contributed by atoms with Crippen LogP contribution in [0.1, 0.15) is 23.6 Å². The van der Waals surface area contributed by atoms with E-state index in [2.05, 4.69) is 0 Å². The first-order valence-corrected chi connectivity index (χ1v) is 10.2. The predicted molar refractivity (Wildman–Crippen MR) is 118 cm³/mol. The molecule has 1 amide bonds. The van der Waals surface area contributed by atoms with E-state index in [1.165, 1.54) is 49.5 Å². The minimum Gasteiger partial charge on any atom is -0.507 e. The average Bonchev–Trinajstić information content (AvgIpc) is 3.03. The summed E-state index contributed by atoms with van der Waals surface area (Å²) in [5, 5.41) is 11.2. The summed E-state index contributed by atoms with van der Waals surface area (Å²) in [5.41, 5.74) is 0.683. The van der Waals surface area contributed by atoms with Gasteiger partial charge in [-0.05, 0) is 63.0 Å². The van der Waals surface area contributed by atoms with E-state index in [1.807, 2.05) is 19.0 Å². The number of methoxy groups -OCH3 is 2. The highest BCUT2D eigenvalue weighted by Crippen LogP contribution is 2.41. The summed E-state index contributed by atoms with van der Waals surface area (Å²) in [7, 11) is 6.75. The minimum absolute atomic E-state index is 0.0713. The molecular weight excluding hydrogens is 415 g/mol. The molecule has 32 heavy (non-hydrogen) atoms. The maximum Gasteiger partial charge on any atom is 0.295 e. The number of amides is 1. The third kappa shape index (κ3) is 4.60. The number of Topliss-reactive ketones (excluding diaryl/α,β-unsaturated/α-hetero) is 1. The molecule has 0 aromatic heterocycles. The van der Waals surface area contributed by atoms with Gasteiger partial charge in [0.05, 0.1) is 31.4 Å². The van der Waals surface area contributed by atoms with Crippen molar-refractivity contribution in [3.8, 4) is 11.5 Å². The van der Waals surface area contributed by atoms with E-state index >= 15 is 0 Å². The summed E-state index contributed by atoms with van der Waals surface area (Å²) in [6.07, 6.45) is 0.625. The summed E-state index contributed by atoms with van der Waals surface area (Å²) in [6, 6.07) is 9.51. The van der Waals surface area contributed by atoms with Crippen LogP contribution in [0.4, 0.5) is 4.39 Å². The van der Waals surface area contributed by atoms with E-state index in [0.29, 0.717) is 36.6 Å². The molecule has 8 heteroatoms. The number of benzene rings is 2. The Bertz CT molecular complexity index is 1030. The predicted octanol–water partition coefficient (Wildman–Crippen LogP) is 3.22. The summed E-state index contributed by atoms with van der Waals surface area (Å²) in [5.74, 6) is -1.55. The highest BCUT2D eigenvalue weighted by Gasteiger charge is 2.46. The van der Waals surface area contributed by atoms with Gasteiger partial charge in [-0.25, -0.2) is 4.39 Å². The largest absolute Gasteiger partial charge is 0.507 e. The molecule has 7 nitrogen and oxygen atoms in total. The zero-order chi connectivity index (χ0) is 23.4. The number of rotatable bonds is 8. The second-order valence-corrected chi connectivity index (χ2v) is 7.77. The van der Waals surface area contributed by atoms with Crippen LogP contribution in [0.25, 0.3) is 5.76 Å². The zero-order valence-corrected chi connectivity index (χ0v) is 18.6. The molecule has 1 atom stereocenters. The van der Waals surface area contributed by atoms with Gasteiger partial charge in [0.15, 0.2) is 0 Å². The smallest absolute Gasteiger partial charge is 0.295 e. The third-order valence-electron chi connectivity index (χ3n) is 5.39. The lowest BCUT2D eigenvalue weighted by Crippen LogP contribution is -2.32. The Labute approximate surface area is 186 Å². The first-order chi connectivity index (χ1) is 15.3. The zero-order valence-electron chi connectivity index (χ0n) is 18.6. The molecule has 1 heterocycles. The van der Waals surface area contributed by atoms with E-state index in [1.54, 1.807) is 12.1 Å². The molecule has 0 spiro atoms. The monoisotopic (exact) mass is 442 g/mol. The molecule has 2 aromatic carbocycles. The molecule has 1 aliphatic rings. The van der Waals surface area contributed by atoms with E-state index in [4.69, 9.17) is 9.47 Å². The molecule has 1 unspecified atom stereocenters. The molecular formula is C24H27FN2O5. The van der Waals surface area contributed by atoms with Crippen LogP contribution in [0.2, 0.25) is 0 Å². The van der Waals surface area contributed by atoms with Crippen LogP contribution in [-0.4, -0.2) is 68.0 Å². The van der Waals surface area contributed by atoms with Gasteiger partial charge in [-0.3, -0.25) is 9.59 Å². The fourth-order valence-electron chi connectivity index (χ4n) is 3.80. The summed E-state index contributed by atoms with van der Waals surface area (Å²) in [4.78, 5) is 29.4. The van der Waals surface area contributed by atoms with E-state index in [9.17, 15) is 19.1 Å². The van der Waals surface area contributed by atoms with Crippen LogP contribution in [0.15, 0.2) is 48.0 Å². The summed E-state index contributed by atoms with van der Waals surface area (Å²) >= 11 is 0. The molecule has 170 valence electrons. The molecule has 0 saturated carbocycles. The van der Waals surface area contributed by atoms with Crippen molar-refractivity contribution in [2.24, 2.45) is 0 Å². The van der Waals surface area contributed by atoms with E-state index < -0.39 is 23.5 Å². The SMILES string of the molecule is COc1ccc(OC)c(/C(O)=C2\C(=O)C(=O)N(CCCN(C)C)C2c2ccc(F)cc2)c1. The lowest BCUT2D eigenvalue weighted by molar-refractivity contribution is -0.139. The molecule has 1 aliphatic heterocycles. The fourth-order valence-corrected chi connectivity index (χ4v) is 3.80. The van der Waals surface area contributed by atoms with Gasteiger partial charge in [0.25, 0.3) is 11.7 Å². The average molecular weight is 442 g/mol. The molecule has 1 saturated heterocycles. The number of ether oxygens (including phenoxy) is 2. The first kappa shape index (κ1) is 23.3. The van der Waals surface area contributed by atoms with E-state index in [0.717, 1.165) is 0 Å². The maximum absolute atomic E-state index is 13.6. The molecule has 0 bridgehead atoms. The number of likely N-dealkylation sites (tertiary alicyclic amines) is 1. The number of ketones is 1. The van der Waals surface area contributed by atoms with Crippen LogP contribution < -0.4 is 9.47 Å². The van der Waals surface area contributed by atoms with Crippen LogP contribution >= 0.6 is 0 Å². The lowest BCUT2D eigenvalue weighted by atomic mass is 9.95. The van der Waals surface area contributed by atoms with Crippen LogP contribution in [0.3, 0.4) is 0 Å². The van der Waals surface area contributed by atoms with Gasteiger partial charge in [-0.2, -0.15) is 0 Å². The molecule has 0 radical (unpaired) electrons. The van der Waals surface area contributed by atoms with Gasteiger partial charge in [-0.1, -0.05) is 12.1 Å². The Hall–Kier alpha value is -3.39. The highest BCUT2D eigenvalue weighted by molar-refractivity contribution is 6.46. The molecule has 3 rings (SSSR count). The van der Waals surface area contributed by atoms with Crippen molar-refractivity contribution in [2.75, 3.05) is 41.4 Å². The van der Waals surface area contributed by atoms with Crippen LogP contribution in [0, 0.1) is 5.82 Å². The van der Waals surface area contributed by atoms with Gasteiger partial charge in [-0.15, -0.1) is 0 Å². The number of carbonyl (C=O) groups is 2. The second kappa shape index (κ2) is 9.82. The number of aliphatic hydroxyl groups excluding tert-OH is 1. The Morgan fingerprint density at radius 1 is 1.09 bits per heavy atom. The van der Waals surface area contributed by atoms with Crippen molar-refractivity contribution in [1.82, 2.24) is 9.80 Å². The third-order valence-corrected chi connectivity index (χ3v) is 5.39. The Morgan fingerprint density at radius 2 is 1.78 bits per heavy atom.